The molecule has 3 aliphatic carbocycles. The fourth-order valence-corrected chi connectivity index (χ4v) is 9.99. The Kier molecular flexibility index (Phi) is 12.8. The van der Waals surface area contributed by atoms with Crippen LogP contribution in [-0.2, 0) is 47.7 Å². The van der Waals surface area contributed by atoms with Crippen LogP contribution >= 0.6 is 0 Å². The van der Waals surface area contributed by atoms with E-state index in [-0.39, 0.29) is 47.0 Å². The monoisotopic (exact) mass is 881 g/mol. The maximum atomic E-state index is 15.5. The number of hydrogen-bond donors (Lipinski definition) is 4. The minimum Gasteiger partial charge on any atom is -0.497 e. The molecule has 1 saturated heterocycles. The van der Waals surface area contributed by atoms with E-state index in [1.165, 1.54) is 84.6 Å². The highest BCUT2D eigenvalue weighted by molar-refractivity contribution is 5.96. The molecule has 342 valence electrons. The van der Waals surface area contributed by atoms with Gasteiger partial charge in [0.15, 0.2) is 23.6 Å². The van der Waals surface area contributed by atoms with Crippen molar-refractivity contribution in [2.45, 2.75) is 122 Å². The average molecular weight is 882 g/mol. The molecule has 2 bridgehead atoms. The molecule has 4 N–H and O–H groups in total. The van der Waals surface area contributed by atoms with Gasteiger partial charge in [-0.05, 0) is 69.2 Å². The van der Waals surface area contributed by atoms with Crippen molar-refractivity contribution in [3.8, 4) is 11.5 Å². The lowest BCUT2D eigenvalue weighted by Crippen LogP contribution is -2.82. The smallest absolute Gasteiger partial charge is 0.342 e. The summed E-state index contributed by atoms with van der Waals surface area (Å²) in [6.45, 7) is 11.1. The van der Waals surface area contributed by atoms with Crippen LogP contribution in [0.1, 0.15) is 90.4 Å². The predicted molar refractivity (Wildman–Crippen MR) is 217 cm³/mol. The number of carbonyl (C=O) groups excluding carboxylic acids is 6. The summed E-state index contributed by atoms with van der Waals surface area (Å²) >= 11 is 0. The van der Waals surface area contributed by atoms with Crippen LogP contribution in [-0.4, -0.2) is 120 Å². The molecular weight excluding hydrogens is 826 g/mol. The normalized spacial score (nSPS) is 31.5. The van der Waals surface area contributed by atoms with Gasteiger partial charge in [0.2, 0.25) is 5.91 Å². The molecule has 3 fully saturated rings. The molecule has 6 rings (SSSR count). The van der Waals surface area contributed by atoms with E-state index in [9.17, 15) is 39.3 Å². The van der Waals surface area contributed by atoms with E-state index in [1.807, 2.05) is 0 Å². The Labute approximate surface area is 363 Å². The standard InChI is InChI=1S/C45H55NO17/c1-21(2)16-32(50)46-34(28-12-11-15-58-28)35(51)41(54)61-29-19-45(55)39(62-40(53)26-17-25(56-9)13-14-27(26)57-10)37-43(8,30(49)18-31-44(37,20-59-31)63-24(5)48)38(52)36(60-23(4)47)33(22(29)3)42(45,6)7/h11-17,29-31,34-37,39,49,51,55H,18-20H2,1-10H3,(H,46,50)/t29-,30-,31+,34-,35+,36+,37-,39-,43+,44-,45+/m0/s1. The molecule has 11 atom stereocenters. The molecule has 0 spiro atoms. The van der Waals surface area contributed by atoms with Gasteiger partial charge in [0.1, 0.15) is 52.8 Å². The molecule has 63 heavy (non-hydrogen) atoms. The Morgan fingerprint density at radius 3 is 2.22 bits per heavy atom. The number of ketones is 1. The van der Waals surface area contributed by atoms with Crippen molar-refractivity contribution in [2.75, 3.05) is 20.8 Å². The number of fused-ring (bicyclic) bond motifs is 5. The summed E-state index contributed by atoms with van der Waals surface area (Å²) in [5, 5.41) is 40.0. The number of amides is 1. The van der Waals surface area contributed by atoms with E-state index in [0.717, 1.165) is 13.8 Å². The van der Waals surface area contributed by atoms with E-state index in [2.05, 4.69) is 5.32 Å². The summed E-state index contributed by atoms with van der Waals surface area (Å²) in [4.78, 5) is 83.4. The van der Waals surface area contributed by atoms with Gasteiger partial charge in [-0.15, -0.1) is 0 Å². The van der Waals surface area contributed by atoms with Crippen molar-refractivity contribution in [3.63, 3.8) is 0 Å². The number of allylic oxidation sites excluding steroid dienone is 1. The maximum absolute atomic E-state index is 15.5. The molecule has 2 saturated carbocycles. The fourth-order valence-electron chi connectivity index (χ4n) is 9.99. The third kappa shape index (κ3) is 7.91. The highest BCUT2D eigenvalue weighted by Gasteiger charge is 2.78. The molecule has 4 aliphatic rings. The second kappa shape index (κ2) is 17.2. The van der Waals surface area contributed by atoms with Gasteiger partial charge in [0.05, 0.1) is 44.5 Å². The number of benzene rings is 1. The molecule has 1 amide bonds. The van der Waals surface area contributed by atoms with Crippen LogP contribution in [0, 0.1) is 16.7 Å². The first kappa shape index (κ1) is 46.9. The quantitative estimate of drug-likeness (QED) is 0.103. The van der Waals surface area contributed by atoms with Crippen LogP contribution in [0.3, 0.4) is 0 Å². The number of rotatable bonds is 12. The first-order chi connectivity index (χ1) is 29.5. The third-order valence-corrected chi connectivity index (χ3v) is 13.2. The molecule has 2 aromatic rings. The minimum absolute atomic E-state index is 0.00208. The molecule has 18 nitrogen and oxygen atoms in total. The second-order valence-corrected chi connectivity index (χ2v) is 17.5. The zero-order chi connectivity index (χ0) is 46.6. The zero-order valence-corrected chi connectivity index (χ0v) is 36.8. The van der Waals surface area contributed by atoms with Crippen LogP contribution in [0.25, 0.3) is 0 Å². The number of methoxy groups -OCH3 is 2. The van der Waals surface area contributed by atoms with Crippen LogP contribution in [0.4, 0.5) is 0 Å². The Hall–Kier alpha value is -5.56. The van der Waals surface area contributed by atoms with Gasteiger partial charge in [-0.25, -0.2) is 9.59 Å². The van der Waals surface area contributed by atoms with Crippen molar-refractivity contribution >= 4 is 35.6 Å². The van der Waals surface area contributed by atoms with E-state index >= 15 is 4.79 Å². The van der Waals surface area contributed by atoms with Crippen molar-refractivity contribution in [1.82, 2.24) is 5.32 Å². The summed E-state index contributed by atoms with van der Waals surface area (Å²) in [6.07, 6.45) is -8.49. The van der Waals surface area contributed by atoms with E-state index in [1.54, 1.807) is 13.8 Å². The number of ether oxygens (including phenoxy) is 7. The van der Waals surface area contributed by atoms with Crippen molar-refractivity contribution in [2.24, 2.45) is 16.7 Å². The number of aliphatic hydroxyl groups excluding tert-OH is 2. The lowest BCUT2D eigenvalue weighted by Gasteiger charge is -2.67. The molecule has 1 aromatic heterocycles. The van der Waals surface area contributed by atoms with Gasteiger partial charge in [0, 0.05) is 38.2 Å². The summed E-state index contributed by atoms with van der Waals surface area (Å²) in [5.41, 5.74) is -7.64. The Balaban J connectivity index is 1.58. The minimum atomic E-state index is -2.48. The van der Waals surface area contributed by atoms with E-state index in [4.69, 9.17) is 37.6 Å². The number of nitrogens with one attached hydrogen (secondary N) is 1. The molecule has 1 aromatic carbocycles. The van der Waals surface area contributed by atoms with Crippen LogP contribution in [0.15, 0.2) is 63.8 Å². The number of furan rings is 1. The van der Waals surface area contributed by atoms with Gasteiger partial charge >= 0.3 is 23.9 Å². The SMILES string of the molecule is COc1ccc(OC)c(C(=O)O[C@H]2[C@@H]3[C@]4(OC(C)=O)CO[C@@H]4C[C@H](O)[C@@]3(C)C(=O)[C@H](OC(C)=O)C3=C(C)[C@@H](OC(=O)[C@H](O)[C@@H](NC(=O)C=C(C)C)c4ccco4)C[C@]2(O)C3(C)C)c1. The average Bonchev–Trinajstić information content (AvgIpc) is 3.75. The number of Topliss-reactive ketones (excluding diaryl/α,β-unsaturated/α-hetero) is 1. The first-order valence-electron chi connectivity index (χ1n) is 20.4. The largest absolute Gasteiger partial charge is 0.497 e. The Morgan fingerprint density at radius 1 is 0.968 bits per heavy atom. The lowest BCUT2D eigenvalue weighted by atomic mass is 9.44. The number of hydrogen-bond acceptors (Lipinski definition) is 17. The molecule has 18 heteroatoms. The van der Waals surface area contributed by atoms with Crippen molar-refractivity contribution < 1.29 is 81.7 Å². The van der Waals surface area contributed by atoms with Crippen LogP contribution in [0.2, 0.25) is 0 Å². The van der Waals surface area contributed by atoms with E-state index in [0.29, 0.717) is 5.57 Å². The number of aliphatic hydroxyl groups is 3. The molecule has 0 unspecified atom stereocenters. The Bertz CT molecular complexity index is 2220. The fraction of sp³-hybridized carbons (Fsp3) is 0.556. The molecular formula is C45H55NO17. The van der Waals surface area contributed by atoms with Gasteiger partial charge in [-0.1, -0.05) is 19.4 Å². The summed E-state index contributed by atoms with van der Waals surface area (Å²) in [6, 6.07) is 5.77. The van der Waals surface area contributed by atoms with Gasteiger partial charge in [-0.3, -0.25) is 19.2 Å². The van der Waals surface area contributed by atoms with Gasteiger partial charge in [-0.2, -0.15) is 0 Å². The second-order valence-electron chi connectivity index (χ2n) is 17.5. The Morgan fingerprint density at radius 2 is 1.67 bits per heavy atom. The highest BCUT2D eigenvalue weighted by atomic mass is 16.6. The molecule has 2 heterocycles. The van der Waals surface area contributed by atoms with Crippen molar-refractivity contribution in [3.05, 3.63) is 70.7 Å². The number of esters is 4. The highest BCUT2D eigenvalue weighted by Crippen LogP contribution is 2.64. The van der Waals surface area contributed by atoms with Gasteiger partial charge in [0.25, 0.3) is 0 Å². The number of carbonyl (C=O) groups is 6. The molecule has 1 aliphatic heterocycles. The predicted octanol–water partition coefficient (Wildman–Crippen LogP) is 3.00. The van der Waals surface area contributed by atoms with Crippen LogP contribution < -0.4 is 14.8 Å². The summed E-state index contributed by atoms with van der Waals surface area (Å²) in [5.74, 6) is -7.05. The van der Waals surface area contributed by atoms with Crippen LogP contribution in [0.5, 0.6) is 11.5 Å². The van der Waals surface area contributed by atoms with Crippen molar-refractivity contribution in [1.29, 1.82) is 0 Å². The van der Waals surface area contributed by atoms with E-state index < -0.39 is 113 Å². The lowest BCUT2D eigenvalue weighted by molar-refractivity contribution is -0.346. The summed E-state index contributed by atoms with van der Waals surface area (Å²) in [7, 11) is 2.69. The third-order valence-electron chi connectivity index (χ3n) is 13.2. The molecule has 0 radical (unpaired) electrons. The summed E-state index contributed by atoms with van der Waals surface area (Å²) < 4.78 is 46.6. The topological polar surface area (TPSA) is 253 Å². The zero-order valence-electron chi connectivity index (χ0n) is 36.8. The first-order valence-corrected chi connectivity index (χ1v) is 20.4. The maximum Gasteiger partial charge on any atom is 0.342 e. The van der Waals surface area contributed by atoms with Gasteiger partial charge < -0.3 is 58.2 Å².